The molecule has 0 saturated heterocycles. The van der Waals surface area contributed by atoms with Crippen molar-refractivity contribution in [3.8, 4) is 5.69 Å². The maximum absolute atomic E-state index is 5.46. The van der Waals surface area contributed by atoms with Crippen LogP contribution in [0.2, 0.25) is 0 Å². The molecule has 1 aromatic carbocycles. The molecule has 4 aromatic heterocycles. The first kappa shape index (κ1) is 21.3. The summed E-state index contributed by atoms with van der Waals surface area (Å²) < 4.78 is 13.1. The Labute approximate surface area is 203 Å². The van der Waals surface area contributed by atoms with E-state index in [9.17, 15) is 0 Å². The highest BCUT2D eigenvalue weighted by atomic mass is 79.9. The number of rotatable bonds is 6. The molecule has 1 aliphatic rings. The fraction of sp³-hybridized carbons (Fsp3) is 0.333. The third-order valence-corrected chi connectivity index (χ3v) is 6.97. The average molecular weight is 520 g/mol. The standard InChI is InChI=1S/C24H22BrN7O2/c1-33-13-21-29-24(34-31-21)16-5-4-14(9-16)10-20-27-12-18-22(25)30-32(23(18)28-20)17-6-7-19-15(11-17)3-2-8-26-19/h2-3,6-8,11-12,14,16H,4-5,9-10,13H2,1H3/t14-,16-/m1/s1. The zero-order chi connectivity index (χ0) is 23.1. The number of nitrogens with zero attached hydrogens (tertiary/aromatic N) is 7. The molecule has 0 spiro atoms. The third kappa shape index (κ3) is 3.97. The van der Waals surface area contributed by atoms with E-state index in [1.807, 2.05) is 35.1 Å². The van der Waals surface area contributed by atoms with Crippen LogP contribution >= 0.6 is 15.9 Å². The molecule has 0 bridgehead atoms. The molecule has 10 heteroatoms. The lowest BCUT2D eigenvalue weighted by molar-refractivity contribution is 0.174. The number of aromatic nitrogens is 7. The van der Waals surface area contributed by atoms with Gasteiger partial charge >= 0.3 is 0 Å². The van der Waals surface area contributed by atoms with Crippen LogP contribution in [0.5, 0.6) is 0 Å². The Kier molecular flexibility index (Phi) is 5.54. The SMILES string of the molecule is COCc1noc([C@@H]2CC[C@@H](Cc3ncc4c(Br)nn(-c5ccc6ncccc6c5)c4n3)C2)n1. The molecule has 34 heavy (non-hydrogen) atoms. The fourth-order valence-corrected chi connectivity index (χ4v) is 5.18. The summed E-state index contributed by atoms with van der Waals surface area (Å²) in [5.41, 5.74) is 2.67. The van der Waals surface area contributed by atoms with Gasteiger partial charge in [-0.25, -0.2) is 14.6 Å². The van der Waals surface area contributed by atoms with Crippen molar-refractivity contribution in [1.29, 1.82) is 0 Å². The van der Waals surface area contributed by atoms with Gasteiger partial charge < -0.3 is 9.26 Å². The van der Waals surface area contributed by atoms with Crippen molar-refractivity contribution in [2.45, 2.75) is 38.2 Å². The van der Waals surface area contributed by atoms with Gasteiger partial charge in [-0.2, -0.15) is 10.1 Å². The van der Waals surface area contributed by atoms with Gasteiger partial charge in [0.1, 0.15) is 17.0 Å². The number of pyridine rings is 1. The molecular formula is C24H22BrN7O2. The van der Waals surface area contributed by atoms with Gasteiger partial charge in [0, 0.05) is 37.2 Å². The molecule has 9 nitrogen and oxygen atoms in total. The largest absolute Gasteiger partial charge is 0.377 e. The van der Waals surface area contributed by atoms with Crippen LogP contribution in [0.4, 0.5) is 0 Å². The Morgan fingerprint density at radius 2 is 2.09 bits per heavy atom. The van der Waals surface area contributed by atoms with Crippen molar-refractivity contribution >= 4 is 37.9 Å². The Morgan fingerprint density at radius 3 is 3.00 bits per heavy atom. The highest BCUT2D eigenvalue weighted by Crippen LogP contribution is 2.39. The summed E-state index contributed by atoms with van der Waals surface area (Å²) >= 11 is 3.57. The molecule has 5 aromatic rings. The first-order valence-corrected chi connectivity index (χ1v) is 12.0. The summed E-state index contributed by atoms with van der Waals surface area (Å²) in [6.45, 7) is 0.366. The van der Waals surface area contributed by atoms with Crippen LogP contribution in [-0.4, -0.2) is 42.0 Å². The van der Waals surface area contributed by atoms with Crippen molar-refractivity contribution in [2.24, 2.45) is 5.92 Å². The summed E-state index contributed by atoms with van der Waals surface area (Å²) in [4.78, 5) is 18.4. The zero-order valence-corrected chi connectivity index (χ0v) is 20.1. The summed E-state index contributed by atoms with van der Waals surface area (Å²) in [6, 6.07) is 10.1. The maximum atomic E-state index is 5.46. The third-order valence-electron chi connectivity index (χ3n) is 6.38. The normalized spacial score (nSPS) is 18.3. The van der Waals surface area contributed by atoms with E-state index in [-0.39, 0.29) is 5.92 Å². The van der Waals surface area contributed by atoms with Crippen LogP contribution in [0.15, 0.2) is 51.9 Å². The second-order valence-electron chi connectivity index (χ2n) is 8.67. The Balaban J connectivity index is 1.25. The van der Waals surface area contributed by atoms with E-state index in [0.717, 1.165) is 63.7 Å². The maximum Gasteiger partial charge on any atom is 0.229 e. The van der Waals surface area contributed by atoms with Crippen molar-refractivity contribution in [3.05, 3.63) is 64.9 Å². The quantitative estimate of drug-likeness (QED) is 0.315. The fourth-order valence-electron chi connectivity index (χ4n) is 4.74. The molecule has 1 aliphatic carbocycles. The van der Waals surface area contributed by atoms with Crippen LogP contribution in [-0.2, 0) is 17.8 Å². The minimum absolute atomic E-state index is 0.276. The summed E-state index contributed by atoms with van der Waals surface area (Å²) in [6.07, 6.45) is 7.54. The molecule has 1 fully saturated rings. The second-order valence-corrected chi connectivity index (χ2v) is 9.42. The van der Waals surface area contributed by atoms with Gasteiger partial charge in [0.05, 0.1) is 16.6 Å². The number of hydrogen-bond donors (Lipinski definition) is 0. The van der Waals surface area contributed by atoms with Gasteiger partial charge in [0.2, 0.25) is 5.89 Å². The number of hydrogen-bond acceptors (Lipinski definition) is 8. The minimum Gasteiger partial charge on any atom is -0.377 e. The number of methoxy groups -OCH3 is 1. The number of benzene rings is 1. The Hall–Kier alpha value is -3.24. The van der Waals surface area contributed by atoms with E-state index in [4.69, 9.17) is 14.2 Å². The predicted octanol–water partition coefficient (Wildman–Crippen LogP) is 4.78. The Morgan fingerprint density at radius 1 is 1.15 bits per heavy atom. The number of ether oxygens (including phenoxy) is 1. The minimum atomic E-state index is 0.276. The zero-order valence-electron chi connectivity index (χ0n) is 18.6. The molecular weight excluding hydrogens is 498 g/mol. The lowest BCUT2D eigenvalue weighted by atomic mass is 10.0. The monoisotopic (exact) mass is 519 g/mol. The van der Waals surface area contributed by atoms with Gasteiger partial charge in [-0.3, -0.25) is 4.98 Å². The summed E-state index contributed by atoms with van der Waals surface area (Å²) in [5, 5.41) is 10.6. The summed E-state index contributed by atoms with van der Waals surface area (Å²) in [5.74, 6) is 2.86. The van der Waals surface area contributed by atoms with Crippen molar-refractivity contribution in [1.82, 2.24) is 34.9 Å². The van der Waals surface area contributed by atoms with E-state index in [0.29, 0.717) is 24.2 Å². The molecule has 6 rings (SSSR count). The Bertz CT molecular complexity index is 1480. The van der Waals surface area contributed by atoms with E-state index in [2.05, 4.69) is 47.2 Å². The van der Waals surface area contributed by atoms with Gasteiger partial charge in [-0.05, 0) is 65.4 Å². The highest BCUT2D eigenvalue weighted by Gasteiger charge is 2.30. The van der Waals surface area contributed by atoms with Crippen molar-refractivity contribution in [3.63, 3.8) is 0 Å². The van der Waals surface area contributed by atoms with Crippen molar-refractivity contribution in [2.75, 3.05) is 7.11 Å². The number of fused-ring (bicyclic) bond motifs is 2. The van der Waals surface area contributed by atoms with Crippen LogP contribution < -0.4 is 0 Å². The van der Waals surface area contributed by atoms with Gasteiger partial charge in [-0.1, -0.05) is 11.2 Å². The van der Waals surface area contributed by atoms with E-state index >= 15 is 0 Å². The molecule has 0 aliphatic heterocycles. The number of halogens is 1. The molecule has 4 heterocycles. The molecule has 0 amide bonds. The topological polar surface area (TPSA) is 105 Å². The van der Waals surface area contributed by atoms with Crippen LogP contribution in [0.25, 0.3) is 27.6 Å². The van der Waals surface area contributed by atoms with Crippen LogP contribution in [0.1, 0.15) is 42.7 Å². The van der Waals surface area contributed by atoms with Crippen molar-refractivity contribution < 1.29 is 9.26 Å². The van der Waals surface area contributed by atoms with E-state index < -0.39 is 0 Å². The van der Waals surface area contributed by atoms with E-state index in [1.54, 1.807) is 13.3 Å². The highest BCUT2D eigenvalue weighted by molar-refractivity contribution is 9.10. The predicted molar refractivity (Wildman–Crippen MR) is 128 cm³/mol. The lowest BCUT2D eigenvalue weighted by Gasteiger charge is -2.09. The molecule has 0 radical (unpaired) electrons. The van der Waals surface area contributed by atoms with Gasteiger partial charge in [-0.15, -0.1) is 0 Å². The first-order chi connectivity index (χ1) is 16.7. The van der Waals surface area contributed by atoms with Crippen LogP contribution in [0, 0.1) is 5.92 Å². The second kappa shape index (κ2) is 8.84. The molecule has 0 unspecified atom stereocenters. The molecule has 2 atom stereocenters. The molecule has 0 N–H and O–H groups in total. The first-order valence-electron chi connectivity index (χ1n) is 11.2. The smallest absolute Gasteiger partial charge is 0.229 e. The van der Waals surface area contributed by atoms with Crippen LogP contribution in [0.3, 0.4) is 0 Å². The van der Waals surface area contributed by atoms with E-state index in [1.165, 1.54) is 0 Å². The van der Waals surface area contributed by atoms with Gasteiger partial charge in [0.25, 0.3) is 0 Å². The average Bonchev–Trinajstić information content (AvgIpc) is 3.58. The van der Waals surface area contributed by atoms with Gasteiger partial charge in [0.15, 0.2) is 11.5 Å². The molecule has 172 valence electrons. The lowest BCUT2D eigenvalue weighted by Crippen LogP contribution is -2.06. The summed E-state index contributed by atoms with van der Waals surface area (Å²) in [7, 11) is 1.63. The molecule has 1 saturated carbocycles.